The zero-order valence-corrected chi connectivity index (χ0v) is 11.0. The van der Waals surface area contributed by atoms with Gasteiger partial charge in [-0.2, -0.15) is 5.26 Å². The molecule has 0 amide bonds. The van der Waals surface area contributed by atoms with Crippen LogP contribution >= 0.6 is 11.8 Å². The predicted octanol–water partition coefficient (Wildman–Crippen LogP) is 2.93. The quantitative estimate of drug-likeness (QED) is 0.449. The average Bonchev–Trinajstić information content (AvgIpc) is 2.38. The van der Waals surface area contributed by atoms with Gasteiger partial charge in [-0.05, 0) is 30.7 Å². The summed E-state index contributed by atoms with van der Waals surface area (Å²) in [5.74, 6) is -0.367. The Morgan fingerprint density at radius 1 is 1.50 bits per heavy atom. The molecule has 0 aliphatic rings. The number of hydrogen-bond acceptors (Lipinski definition) is 4. The van der Waals surface area contributed by atoms with E-state index in [1.807, 2.05) is 30.3 Å². The van der Waals surface area contributed by atoms with Gasteiger partial charge < -0.3 is 4.74 Å². The molecule has 1 unspecified atom stereocenters. The van der Waals surface area contributed by atoms with E-state index in [0.717, 1.165) is 23.7 Å². The number of esters is 1. The summed E-state index contributed by atoms with van der Waals surface area (Å²) in [6.45, 7) is 2.12. The summed E-state index contributed by atoms with van der Waals surface area (Å²) < 4.78 is 4.80. The molecule has 3 nitrogen and oxygen atoms in total. The molecular weight excluding hydrogens is 246 g/mol. The number of carbonyl (C=O) groups excluding carboxylic acids is 1. The number of nitrogens with zero attached hydrogens (tertiary/aromatic N) is 1. The lowest BCUT2D eigenvalue weighted by Crippen LogP contribution is -2.05. The van der Waals surface area contributed by atoms with Gasteiger partial charge in [-0.15, -0.1) is 0 Å². The highest BCUT2D eigenvalue weighted by Crippen LogP contribution is 2.16. The molecule has 0 radical (unpaired) electrons. The van der Waals surface area contributed by atoms with Crippen LogP contribution in [0.4, 0.5) is 0 Å². The molecular formula is C14H15NO2S. The van der Waals surface area contributed by atoms with Crippen molar-refractivity contribution in [1.29, 1.82) is 5.26 Å². The number of hydrogen-bond donors (Lipinski definition) is 0. The molecule has 0 aliphatic heterocycles. The SMILES string of the molecule is CCOC(=O)/C=C/C(Cc1ccccc1)SC#N. The van der Waals surface area contributed by atoms with Crippen molar-refractivity contribution in [2.75, 3.05) is 6.61 Å². The monoisotopic (exact) mass is 261 g/mol. The van der Waals surface area contributed by atoms with E-state index in [2.05, 4.69) is 5.40 Å². The van der Waals surface area contributed by atoms with Gasteiger partial charge in [0.1, 0.15) is 5.40 Å². The molecule has 1 aromatic rings. The molecule has 0 N–H and O–H groups in total. The van der Waals surface area contributed by atoms with Crippen molar-refractivity contribution in [2.45, 2.75) is 18.6 Å². The van der Waals surface area contributed by atoms with E-state index in [0.29, 0.717) is 6.61 Å². The molecule has 0 saturated carbocycles. The first kappa shape index (κ1) is 14.3. The lowest BCUT2D eigenvalue weighted by Gasteiger charge is -2.07. The summed E-state index contributed by atoms with van der Waals surface area (Å²) in [5, 5.41) is 10.8. The fourth-order valence-electron chi connectivity index (χ4n) is 1.44. The van der Waals surface area contributed by atoms with Gasteiger partial charge in [0, 0.05) is 11.3 Å². The number of thioether (sulfide) groups is 1. The van der Waals surface area contributed by atoms with Crippen molar-refractivity contribution < 1.29 is 9.53 Å². The lowest BCUT2D eigenvalue weighted by molar-refractivity contribution is -0.137. The highest BCUT2D eigenvalue weighted by molar-refractivity contribution is 8.04. The van der Waals surface area contributed by atoms with E-state index in [1.165, 1.54) is 6.08 Å². The smallest absolute Gasteiger partial charge is 0.330 e. The van der Waals surface area contributed by atoms with Crippen LogP contribution in [0.5, 0.6) is 0 Å². The van der Waals surface area contributed by atoms with E-state index in [1.54, 1.807) is 13.0 Å². The van der Waals surface area contributed by atoms with Crippen molar-refractivity contribution in [3.8, 4) is 5.40 Å². The molecule has 1 atom stereocenters. The van der Waals surface area contributed by atoms with Gasteiger partial charge in [0.25, 0.3) is 0 Å². The maximum Gasteiger partial charge on any atom is 0.330 e. The topological polar surface area (TPSA) is 50.1 Å². The highest BCUT2D eigenvalue weighted by Gasteiger charge is 2.07. The van der Waals surface area contributed by atoms with Crippen molar-refractivity contribution in [3.05, 3.63) is 48.0 Å². The number of benzene rings is 1. The highest BCUT2D eigenvalue weighted by atomic mass is 32.2. The van der Waals surface area contributed by atoms with Crippen molar-refractivity contribution in [2.24, 2.45) is 0 Å². The maximum atomic E-state index is 11.2. The zero-order valence-electron chi connectivity index (χ0n) is 10.2. The van der Waals surface area contributed by atoms with Crippen molar-refractivity contribution in [3.63, 3.8) is 0 Å². The molecule has 0 bridgehead atoms. The van der Waals surface area contributed by atoms with Crippen LogP contribution in [-0.4, -0.2) is 17.8 Å². The minimum absolute atomic E-state index is 0.0400. The summed E-state index contributed by atoms with van der Waals surface area (Å²) in [5.41, 5.74) is 1.14. The molecule has 1 rings (SSSR count). The van der Waals surface area contributed by atoms with Gasteiger partial charge in [-0.25, -0.2) is 4.79 Å². The van der Waals surface area contributed by atoms with Crippen LogP contribution in [0.3, 0.4) is 0 Å². The normalized spacial score (nSPS) is 12.0. The number of carbonyl (C=O) groups is 1. The second kappa shape index (κ2) is 8.37. The fourth-order valence-corrected chi connectivity index (χ4v) is 2.01. The summed E-state index contributed by atoms with van der Waals surface area (Å²) in [6.07, 6.45) is 3.83. The Balaban J connectivity index is 2.60. The Bertz CT molecular complexity index is 437. The minimum atomic E-state index is -0.367. The van der Waals surface area contributed by atoms with Crippen LogP contribution in [0.15, 0.2) is 42.5 Å². The van der Waals surface area contributed by atoms with Crippen LogP contribution in [0, 0.1) is 10.7 Å². The van der Waals surface area contributed by atoms with E-state index in [9.17, 15) is 4.79 Å². The number of rotatable bonds is 6. The molecule has 1 aromatic carbocycles. The van der Waals surface area contributed by atoms with Gasteiger partial charge in [-0.1, -0.05) is 36.4 Å². The maximum absolute atomic E-state index is 11.2. The Morgan fingerprint density at radius 2 is 2.22 bits per heavy atom. The second-order valence-corrected chi connectivity index (χ2v) is 4.57. The summed E-state index contributed by atoms with van der Waals surface area (Å²) >= 11 is 1.14. The molecule has 0 heterocycles. The Hall–Kier alpha value is -1.73. The number of thiocyanates is 1. The van der Waals surface area contributed by atoms with E-state index in [4.69, 9.17) is 10.00 Å². The van der Waals surface area contributed by atoms with E-state index >= 15 is 0 Å². The average molecular weight is 261 g/mol. The van der Waals surface area contributed by atoms with Crippen molar-refractivity contribution >= 4 is 17.7 Å². The largest absolute Gasteiger partial charge is 0.463 e. The first-order chi connectivity index (χ1) is 8.76. The Morgan fingerprint density at radius 3 is 2.83 bits per heavy atom. The molecule has 0 aromatic heterocycles. The molecule has 4 heteroatoms. The van der Waals surface area contributed by atoms with Crippen LogP contribution in [-0.2, 0) is 16.0 Å². The van der Waals surface area contributed by atoms with Crippen LogP contribution in [0.1, 0.15) is 12.5 Å². The van der Waals surface area contributed by atoms with Crippen LogP contribution < -0.4 is 0 Å². The van der Waals surface area contributed by atoms with Gasteiger partial charge in [0.2, 0.25) is 0 Å². The fraction of sp³-hybridized carbons (Fsp3) is 0.286. The van der Waals surface area contributed by atoms with Crippen molar-refractivity contribution in [1.82, 2.24) is 0 Å². The second-order valence-electron chi connectivity index (χ2n) is 3.55. The Kier molecular flexibility index (Phi) is 6.67. The van der Waals surface area contributed by atoms with Crippen LogP contribution in [0.2, 0.25) is 0 Å². The number of nitriles is 1. The standard InChI is InChI=1S/C14H15NO2S/c1-2-17-14(16)9-8-13(18-11-15)10-12-6-4-3-5-7-12/h3-9,13H,2,10H2,1H3/b9-8+. The number of ether oxygens (including phenoxy) is 1. The molecule has 18 heavy (non-hydrogen) atoms. The van der Waals surface area contributed by atoms with E-state index in [-0.39, 0.29) is 11.2 Å². The first-order valence-electron chi connectivity index (χ1n) is 5.70. The van der Waals surface area contributed by atoms with Gasteiger partial charge >= 0.3 is 5.97 Å². The third-order valence-electron chi connectivity index (χ3n) is 2.22. The summed E-state index contributed by atoms with van der Waals surface area (Å²) in [7, 11) is 0. The van der Waals surface area contributed by atoms with E-state index < -0.39 is 0 Å². The minimum Gasteiger partial charge on any atom is -0.463 e. The van der Waals surface area contributed by atoms with Crippen LogP contribution in [0.25, 0.3) is 0 Å². The molecule has 0 saturated heterocycles. The van der Waals surface area contributed by atoms with Gasteiger partial charge in [0.05, 0.1) is 6.61 Å². The molecule has 0 fully saturated rings. The van der Waals surface area contributed by atoms with Gasteiger partial charge in [0.15, 0.2) is 0 Å². The Labute approximate surface area is 111 Å². The summed E-state index contributed by atoms with van der Waals surface area (Å²) in [6, 6.07) is 9.87. The first-order valence-corrected chi connectivity index (χ1v) is 6.57. The molecule has 0 spiro atoms. The lowest BCUT2D eigenvalue weighted by atomic mass is 10.1. The zero-order chi connectivity index (χ0) is 13.2. The molecule has 0 aliphatic carbocycles. The third kappa shape index (κ3) is 5.55. The van der Waals surface area contributed by atoms with Gasteiger partial charge in [-0.3, -0.25) is 0 Å². The molecule has 94 valence electrons. The third-order valence-corrected chi connectivity index (χ3v) is 2.95. The summed E-state index contributed by atoms with van der Waals surface area (Å²) in [4.78, 5) is 11.2. The predicted molar refractivity (Wildman–Crippen MR) is 72.9 cm³/mol.